The molecule has 0 saturated carbocycles. The number of rotatable bonds is 10. The summed E-state index contributed by atoms with van der Waals surface area (Å²) in [6.07, 6.45) is -1.70. The Morgan fingerprint density at radius 2 is 1.74 bits per heavy atom. The maximum atomic E-state index is 13.0. The Kier molecular flexibility index (Phi) is 9.41. The van der Waals surface area contributed by atoms with E-state index < -0.39 is 18.6 Å². The van der Waals surface area contributed by atoms with Gasteiger partial charge in [-0.2, -0.15) is 13.2 Å². The van der Waals surface area contributed by atoms with Crippen LogP contribution in [0.4, 0.5) is 13.2 Å². The molecule has 0 aromatic heterocycles. The molecule has 1 aliphatic heterocycles. The summed E-state index contributed by atoms with van der Waals surface area (Å²) in [6, 6.07) is 8.17. The average Bonchev–Trinajstić information content (AvgIpc) is 2.67. The number of benzene rings is 1. The molecule has 176 valence electrons. The Morgan fingerprint density at radius 1 is 1.10 bits per heavy atom. The van der Waals surface area contributed by atoms with Gasteiger partial charge in [0.2, 0.25) is 0 Å². The first-order chi connectivity index (χ1) is 14.5. The first-order valence-electron chi connectivity index (χ1n) is 11.6. The number of aliphatic carboxylic acids is 1. The Labute approximate surface area is 185 Å². The van der Waals surface area contributed by atoms with E-state index in [1.807, 2.05) is 0 Å². The highest BCUT2D eigenvalue weighted by Crippen LogP contribution is 2.40. The molecule has 1 heterocycles. The number of halogens is 3. The maximum Gasteiger partial charge on any atom is 0.389 e. The largest absolute Gasteiger partial charge is 0.481 e. The number of alkyl halides is 3. The number of carboxylic acid groups (broad SMARTS) is 1. The van der Waals surface area contributed by atoms with Gasteiger partial charge in [-0.1, -0.05) is 52.0 Å². The van der Waals surface area contributed by atoms with E-state index in [0.29, 0.717) is 24.8 Å². The van der Waals surface area contributed by atoms with E-state index in [1.165, 1.54) is 5.56 Å². The third-order valence-electron chi connectivity index (χ3n) is 6.51. The molecule has 1 saturated heterocycles. The topological polar surface area (TPSA) is 40.5 Å². The number of hydrogen-bond donors (Lipinski definition) is 1. The molecule has 0 aliphatic carbocycles. The van der Waals surface area contributed by atoms with Crippen molar-refractivity contribution in [3.05, 3.63) is 35.4 Å². The number of likely N-dealkylation sites (tertiary alicyclic amines) is 1. The van der Waals surface area contributed by atoms with E-state index in [2.05, 4.69) is 56.9 Å². The van der Waals surface area contributed by atoms with Gasteiger partial charge in [0.1, 0.15) is 0 Å². The lowest BCUT2D eigenvalue weighted by Gasteiger charge is -2.44. The van der Waals surface area contributed by atoms with Crippen LogP contribution in [0.15, 0.2) is 24.3 Å². The minimum absolute atomic E-state index is 0.0373. The molecular formula is C25H38F3NO2. The maximum absolute atomic E-state index is 13.0. The lowest BCUT2D eigenvalue weighted by Crippen LogP contribution is -2.44. The summed E-state index contributed by atoms with van der Waals surface area (Å²) in [6.45, 7) is 9.10. The van der Waals surface area contributed by atoms with Crippen LogP contribution in [0.1, 0.15) is 95.7 Å². The zero-order valence-corrected chi connectivity index (χ0v) is 19.3. The molecule has 1 aliphatic rings. The van der Waals surface area contributed by atoms with Gasteiger partial charge in [-0.3, -0.25) is 9.69 Å². The third-order valence-corrected chi connectivity index (χ3v) is 6.51. The first-order valence-corrected chi connectivity index (χ1v) is 11.6. The summed E-state index contributed by atoms with van der Waals surface area (Å²) in [4.78, 5) is 13.5. The zero-order valence-electron chi connectivity index (χ0n) is 19.3. The molecule has 0 radical (unpaired) electrons. The predicted molar refractivity (Wildman–Crippen MR) is 118 cm³/mol. The smallest absolute Gasteiger partial charge is 0.389 e. The second kappa shape index (κ2) is 11.3. The van der Waals surface area contributed by atoms with Gasteiger partial charge >= 0.3 is 12.1 Å². The highest BCUT2D eigenvalue weighted by molar-refractivity contribution is 5.67. The first kappa shape index (κ1) is 25.7. The number of carboxylic acids is 1. The van der Waals surface area contributed by atoms with E-state index in [0.717, 1.165) is 24.8 Å². The van der Waals surface area contributed by atoms with Crippen LogP contribution in [-0.2, 0) is 4.79 Å². The van der Waals surface area contributed by atoms with Gasteiger partial charge < -0.3 is 5.11 Å². The van der Waals surface area contributed by atoms with Gasteiger partial charge in [0.05, 0.1) is 0 Å². The molecule has 3 nitrogen and oxygen atoms in total. The summed E-state index contributed by atoms with van der Waals surface area (Å²) in [7, 11) is 0. The molecule has 0 bridgehead atoms. The van der Waals surface area contributed by atoms with Crippen LogP contribution in [0.3, 0.4) is 0 Å². The molecule has 3 atom stereocenters. The fraction of sp³-hybridized carbons (Fsp3) is 0.720. The number of carbonyl (C=O) groups is 1. The Bertz CT molecular complexity index is 685. The Balaban J connectivity index is 2.29. The van der Waals surface area contributed by atoms with Crippen LogP contribution in [0.25, 0.3) is 0 Å². The normalized spacial score (nSPS) is 21.6. The Hall–Kier alpha value is -1.56. The minimum atomic E-state index is -4.16. The molecule has 6 heteroatoms. The number of nitrogens with zero attached hydrogens (tertiary/aromatic N) is 1. The molecule has 2 rings (SSSR count). The van der Waals surface area contributed by atoms with Crippen molar-refractivity contribution in [2.24, 2.45) is 11.8 Å². The van der Waals surface area contributed by atoms with Crippen LogP contribution in [0.5, 0.6) is 0 Å². The fourth-order valence-corrected chi connectivity index (χ4v) is 4.69. The summed E-state index contributed by atoms with van der Waals surface area (Å²) in [5.41, 5.74) is 2.31. The summed E-state index contributed by atoms with van der Waals surface area (Å²) < 4.78 is 39.1. The highest BCUT2D eigenvalue weighted by atomic mass is 19.4. The van der Waals surface area contributed by atoms with E-state index >= 15 is 0 Å². The van der Waals surface area contributed by atoms with Crippen molar-refractivity contribution in [3.63, 3.8) is 0 Å². The monoisotopic (exact) mass is 441 g/mol. The third kappa shape index (κ3) is 8.47. The van der Waals surface area contributed by atoms with Crippen LogP contribution in [0.2, 0.25) is 0 Å². The molecule has 31 heavy (non-hydrogen) atoms. The lowest BCUT2D eigenvalue weighted by molar-refractivity contribution is -0.141. The fourth-order valence-electron chi connectivity index (χ4n) is 4.69. The van der Waals surface area contributed by atoms with Crippen LogP contribution in [-0.4, -0.2) is 34.7 Å². The SMILES string of the molecule is CC(C)CCC(CCC(F)(F)F)N1CCC(CC(=O)O)CC1c1ccc(C(C)C)cc1. The van der Waals surface area contributed by atoms with E-state index in [9.17, 15) is 23.1 Å². The average molecular weight is 442 g/mol. The van der Waals surface area contributed by atoms with Crippen molar-refractivity contribution in [1.29, 1.82) is 0 Å². The van der Waals surface area contributed by atoms with Crippen molar-refractivity contribution < 1.29 is 23.1 Å². The highest BCUT2D eigenvalue weighted by Gasteiger charge is 2.36. The summed E-state index contributed by atoms with van der Waals surface area (Å²) in [5.74, 6) is 0.0845. The summed E-state index contributed by atoms with van der Waals surface area (Å²) >= 11 is 0. The lowest BCUT2D eigenvalue weighted by atomic mass is 9.82. The number of hydrogen-bond acceptors (Lipinski definition) is 2. The van der Waals surface area contributed by atoms with Crippen LogP contribution < -0.4 is 0 Å². The van der Waals surface area contributed by atoms with Crippen molar-refractivity contribution in [2.75, 3.05) is 6.54 Å². The molecular weight excluding hydrogens is 403 g/mol. The van der Waals surface area contributed by atoms with Gasteiger partial charge in [-0.05, 0) is 67.5 Å². The van der Waals surface area contributed by atoms with Gasteiger partial charge in [0.15, 0.2) is 0 Å². The molecule has 1 aromatic carbocycles. The van der Waals surface area contributed by atoms with Gasteiger partial charge in [-0.25, -0.2) is 0 Å². The second-order valence-corrected chi connectivity index (χ2v) is 9.84. The predicted octanol–water partition coefficient (Wildman–Crippen LogP) is 7.19. The van der Waals surface area contributed by atoms with E-state index in [-0.39, 0.29) is 30.8 Å². The molecule has 3 unspecified atom stereocenters. The van der Waals surface area contributed by atoms with E-state index in [4.69, 9.17) is 0 Å². The quantitative estimate of drug-likeness (QED) is 0.418. The molecule has 1 N–H and O–H groups in total. The van der Waals surface area contributed by atoms with E-state index in [1.54, 1.807) is 0 Å². The van der Waals surface area contributed by atoms with Crippen LogP contribution >= 0.6 is 0 Å². The minimum Gasteiger partial charge on any atom is -0.481 e. The standard InChI is InChI=1S/C25H38F3NO2/c1-17(2)5-10-22(11-13-25(26,27)28)29-14-12-19(16-24(30)31)15-23(29)21-8-6-20(7-9-21)18(3)4/h6-9,17-19,22-23H,5,10-16H2,1-4H3,(H,30,31). The van der Waals surface area contributed by atoms with Crippen molar-refractivity contribution in [3.8, 4) is 0 Å². The zero-order chi connectivity index (χ0) is 23.2. The van der Waals surface area contributed by atoms with Crippen molar-refractivity contribution in [1.82, 2.24) is 4.90 Å². The molecule has 1 aromatic rings. The van der Waals surface area contributed by atoms with Gasteiger partial charge in [-0.15, -0.1) is 0 Å². The van der Waals surface area contributed by atoms with Crippen molar-refractivity contribution >= 4 is 5.97 Å². The molecule has 1 fully saturated rings. The number of piperidine rings is 1. The Morgan fingerprint density at radius 3 is 2.26 bits per heavy atom. The molecule has 0 amide bonds. The summed E-state index contributed by atoms with van der Waals surface area (Å²) in [5, 5.41) is 9.28. The van der Waals surface area contributed by atoms with Gasteiger partial charge in [0, 0.05) is 24.9 Å². The molecule has 0 spiro atoms. The van der Waals surface area contributed by atoms with Gasteiger partial charge in [0.25, 0.3) is 0 Å². The second-order valence-electron chi connectivity index (χ2n) is 9.84. The van der Waals surface area contributed by atoms with Crippen LogP contribution in [0, 0.1) is 11.8 Å². The van der Waals surface area contributed by atoms with Crippen molar-refractivity contribution in [2.45, 2.75) is 96.8 Å².